The molecule has 1 heterocycles. The fourth-order valence-electron chi connectivity index (χ4n) is 2.74. The second kappa shape index (κ2) is 9.05. The summed E-state index contributed by atoms with van der Waals surface area (Å²) < 4.78 is 38.6. The lowest BCUT2D eigenvalue weighted by atomic mass is 10.1. The molecule has 2 amide bonds. The molecular weight excluding hydrogens is 333 g/mol. The molecule has 25 heavy (non-hydrogen) atoms. The predicted molar refractivity (Wildman–Crippen MR) is 91.6 cm³/mol. The first-order valence-electron chi connectivity index (χ1n) is 8.48. The number of alkyl halides is 3. The third kappa shape index (κ3) is 6.55. The van der Waals surface area contributed by atoms with Crippen LogP contribution in [0.5, 0.6) is 0 Å². The number of rotatable bonds is 6. The van der Waals surface area contributed by atoms with Crippen molar-refractivity contribution in [2.24, 2.45) is 0 Å². The Hall–Kier alpha value is -1.80. The van der Waals surface area contributed by atoms with Gasteiger partial charge in [0, 0.05) is 32.7 Å². The molecule has 1 aliphatic rings. The molecule has 1 fully saturated rings. The SMILES string of the molecule is CN1CCN(CCCCNC(=O)Nc2ccccc2C(F)(F)F)CC1. The number of nitrogens with one attached hydrogen (secondary N) is 2. The topological polar surface area (TPSA) is 47.6 Å². The zero-order valence-corrected chi connectivity index (χ0v) is 14.4. The highest BCUT2D eigenvalue weighted by Crippen LogP contribution is 2.34. The number of carbonyl (C=O) groups excluding carboxylic acids is 1. The highest BCUT2D eigenvalue weighted by molar-refractivity contribution is 5.90. The molecule has 0 unspecified atom stereocenters. The van der Waals surface area contributed by atoms with Crippen molar-refractivity contribution in [3.63, 3.8) is 0 Å². The highest BCUT2D eigenvalue weighted by atomic mass is 19.4. The lowest BCUT2D eigenvalue weighted by Gasteiger charge is -2.32. The Morgan fingerprint density at radius 1 is 1.12 bits per heavy atom. The zero-order valence-electron chi connectivity index (χ0n) is 14.4. The fourth-order valence-corrected chi connectivity index (χ4v) is 2.74. The average molecular weight is 358 g/mol. The average Bonchev–Trinajstić information content (AvgIpc) is 2.56. The minimum atomic E-state index is -4.49. The van der Waals surface area contributed by atoms with Gasteiger partial charge in [0.1, 0.15) is 0 Å². The second-order valence-corrected chi connectivity index (χ2v) is 6.28. The number of piperazine rings is 1. The van der Waals surface area contributed by atoms with Crippen molar-refractivity contribution in [1.82, 2.24) is 15.1 Å². The summed E-state index contributed by atoms with van der Waals surface area (Å²) in [6.45, 7) is 5.66. The van der Waals surface area contributed by atoms with Crippen LogP contribution in [0.2, 0.25) is 0 Å². The molecule has 0 aromatic heterocycles. The number of benzene rings is 1. The summed E-state index contributed by atoms with van der Waals surface area (Å²) in [7, 11) is 2.11. The standard InChI is InChI=1S/C17H25F3N4O/c1-23-10-12-24(13-11-23)9-5-4-8-21-16(25)22-15-7-3-2-6-14(15)17(18,19)20/h2-3,6-7H,4-5,8-13H2,1H3,(H2,21,22,25). The number of hydrogen-bond acceptors (Lipinski definition) is 3. The van der Waals surface area contributed by atoms with E-state index in [4.69, 9.17) is 0 Å². The molecule has 0 saturated carbocycles. The molecule has 0 radical (unpaired) electrons. The fraction of sp³-hybridized carbons (Fsp3) is 0.588. The number of halogens is 3. The van der Waals surface area contributed by atoms with Gasteiger partial charge in [0.2, 0.25) is 0 Å². The molecule has 8 heteroatoms. The van der Waals surface area contributed by atoms with E-state index in [2.05, 4.69) is 27.5 Å². The summed E-state index contributed by atoms with van der Waals surface area (Å²) in [5, 5.41) is 4.89. The Labute approximate surface area is 146 Å². The van der Waals surface area contributed by atoms with Gasteiger partial charge >= 0.3 is 12.2 Å². The van der Waals surface area contributed by atoms with E-state index in [0.717, 1.165) is 51.6 Å². The van der Waals surface area contributed by atoms with Crippen LogP contribution in [0, 0.1) is 0 Å². The maximum Gasteiger partial charge on any atom is 0.418 e. The van der Waals surface area contributed by atoms with Crippen molar-refractivity contribution >= 4 is 11.7 Å². The van der Waals surface area contributed by atoms with Crippen LogP contribution in [0.25, 0.3) is 0 Å². The number of likely N-dealkylation sites (N-methyl/N-ethyl adjacent to an activating group) is 1. The van der Waals surface area contributed by atoms with Crippen LogP contribution in [0.1, 0.15) is 18.4 Å². The number of urea groups is 1. The molecule has 0 spiro atoms. The summed E-state index contributed by atoms with van der Waals surface area (Å²) in [6, 6.07) is 4.34. The van der Waals surface area contributed by atoms with Crippen molar-refractivity contribution in [2.45, 2.75) is 19.0 Å². The summed E-state index contributed by atoms with van der Waals surface area (Å²) in [5.74, 6) is 0. The van der Waals surface area contributed by atoms with Crippen LogP contribution in [0.15, 0.2) is 24.3 Å². The maximum absolute atomic E-state index is 12.9. The van der Waals surface area contributed by atoms with Gasteiger partial charge in [0.05, 0.1) is 11.3 Å². The van der Waals surface area contributed by atoms with E-state index in [9.17, 15) is 18.0 Å². The summed E-state index contributed by atoms with van der Waals surface area (Å²) in [5.41, 5.74) is -1.08. The van der Waals surface area contributed by atoms with Crippen LogP contribution in [0.3, 0.4) is 0 Å². The second-order valence-electron chi connectivity index (χ2n) is 6.28. The van der Waals surface area contributed by atoms with E-state index < -0.39 is 17.8 Å². The highest BCUT2D eigenvalue weighted by Gasteiger charge is 2.33. The molecule has 0 atom stereocenters. The molecule has 1 aliphatic heterocycles. The van der Waals surface area contributed by atoms with Gasteiger partial charge in [-0.3, -0.25) is 0 Å². The van der Waals surface area contributed by atoms with Crippen molar-refractivity contribution in [2.75, 3.05) is 51.6 Å². The van der Waals surface area contributed by atoms with E-state index >= 15 is 0 Å². The summed E-state index contributed by atoms with van der Waals surface area (Å²) in [6.07, 6.45) is -2.75. The van der Waals surface area contributed by atoms with Gasteiger partial charge in [-0.2, -0.15) is 13.2 Å². The number of anilines is 1. The molecule has 0 aliphatic carbocycles. The minimum absolute atomic E-state index is 0.232. The van der Waals surface area contributed by atoms with Gasteiger partial charge < -0.3 is 20.4 Å². The lowest BCUT2D eigenvalue weighted by molar-refractivity contribution is -0.136. The van der Waals surface area contributed by atoms with Crippen molar-refractivity contribution in [1.29, 1.82) is 0 Å². The van der Waals surface area contributed by atoms with Crippen LogP contribution in [-0.4, -0.2) is 62.1 Å². The largest absolute Gasteiger partial charge is 0.418 e. The number of unbranched alkanes of at least 4 members (excludes halogenated alkanes) is 1. The Kier molecular flexibility index (Phi) is 7.07. The minimum Gasteiger partial charge on any atom is -0.338 e. The van der Waals surface area contributed by atoms with Gasteiger partial charge in [-0.15, -0.1) is 0 Å². The number of amides is 2. The quantitative estimate of drug-likeness (QED) is 0.769. The van der Waals surface area contributed by atoms with Crippen molar-refractivity contribution in [3.8, 4) is 0 Å². The molecule has 0 bridgehead atoms. The van der Waals surface area contributed by atoms with Crippen LogP contribution in [-0.2, 0) is 6.18 Å². The third-order valence-corrected chi connectivity index (χ3v) is 4.26. The van der Waals surface area contributed by atoms with Crippen molar-refractivity contribution in [3.05, 3.63) is 29.8 Å². The third-order valence-electron chi connectivity index (χ3n) is 4.26. The van der Waals surface area contributed by atoms with E-state index in [1.807, 2.05) is 0 Å². The Morgan fingerprint density at radius 2 is 1.80 bits per heavy atom. The molecule has 2 rings (SSSR count). The Balaban J connectivity index is 1.66. The monoisotopic (exact) mass is 358 g/mol. The normalized spacial score (nSPS) is 16.6. The molecule has 2 N–H and O–H groups in total. The molecule has 140 valence electrons. The summed E-state index contributed by atoms with van der Waals surface area (Å²) >= 11 is 0. The first-order valence-corrected chi connectivity index (χ1v) is 8.48. The van der Waals surface area contributed by atoms with E-state index in [0.29, 0.717) is 6.54 Å². The van der Waals surface area contributed by atoms with Gasteiger partial charge in [0.25, 0.3) is 0 Å². The number of para-hydroxylation sites is 1. The van der Waals surface area contributed by atoms with E-state index in [1.165, 1.54) is 18.2 Å². The van der Waals surface area contributed by atoms with Gasteiger partial charge in [0.15, 0.2) is 0 Å². The molecule has 5 nitrogen and oxygen atoms in total. The smallest absolute Gasteiger partial charge is 0.338 e. The van der Waals surface area contributed by atoms with E-state index in [-0.39, 0.29) is 5.69 Å². The van der Waals surface area contributed by atoms with Gasteiger partial charge in [-0.05, 0) is 38.6 Å². The van der Waals surface area contributed by atoms with Crippen LogP contribution < -0.4 is 10.6 Å². The number of carbonyl (C=O) groups is 1. The Bertz CT molecular complexity index is 557. The van der Waals surface area contributed by atoms with Crippen molar-refractivity contribution < 1.29 is 18.0 Å². The molecule has 1 aromatic carbocycles. The molecular formula is C17H25F3N4O. The zero-order chi connectivity index (χ0) is 18.3. The van der Waals surface area contributed by atoms with Crippen LogP contribution >= 0.6 is 0 Å². The van der Waals surface area contributed by atoms with Gasteiger partial charge in [-0.1, -0.05) is 12.1 Å². The van der Waals surface area contributed by atoms with Crippen LogP contribution in [0.4, 0.5) is 23.7 Å². The molecule has 1 aromatic rings. The number of hydrogen-bond donors (Lipinski definition) is 2. The number of nitrogens with zero attached hydrogens (tertiary/aromatic N) is 2. The first-order chi connectivity index (χ1) is 11.9. The predicted octanol–water partition coefficient (Wildman–Crippen LogP) is 2.85. The Morgan fingerprint density at radius 3 is 2.48 bits per heavy atom. The maximum atomic E-state index is 12.9. The van der Waals surface area contributed by atoms with Gasteiger partial charge in [-0.25, -0.2) is 4.79 Å². The molecule has 1 saturated heterocycles. The summed E-state index contributed by atoms with van der Waals surface area (Å²) in [4.78, 5) is 16.5. The lowest BCUT2D eigenvalue weighted by Crippen LogP contribution is -2.44. The first kappa shape index (κ1) is 19.5. The van der Waals surface area contributed by atoms with E-state index in [1.54, 1.807) is 0 Å².